The number of hydrogen-bond donors (Lipinski definition) is 3. The Bertz CT molecular complexity index is 2700. The number of imide groups is 1. The van der Waals surface area contributed by atoms with Crippen LogP contribution in [-0.2, 0) is 20.6 Å². The van der Waals surface area contributed by atoms with E-state index in [0.29, 0.717) is 56.1 Å². The number of benzene rings is 2. The molecule has 68 heavy (non-hydrogen) atoms. The number of nitrogens with one attached hydrogen (secondary N) is 3. The average Bonchev–Trinajstić information content (AvgIpc) is 3.81. The molecule has 0 spiro atoms. The number of pyridine rings is 1. The van der Waals surface area contributed by atoms with Crippen LogP contribution in [0.2, 0.25) is 0 Å². The molecule has 15 nitrogen and oxygen atoms in total. The number of carbonyl (C=O) groups excluding carboxylic acids is 2. The molecule has 2 aromatic carbocycles. The van der Waals surface area contributed by atoms with Gasteiger partial charge in [-0.15, -0.1) is 11.3 Å². The van der Waals surface area contributed by atoms with Gasteiger partial charge < -0.3 is 34.6 Å². The van der Waals surface area contributed by atoms with E-state index in [1.165, 1.54) is 34.7 Å². The van der Waals surface area contributed by atoms with Crippen molar-refractivity contribution in [1.29, 1.82) is 0 Å². The number of piperidine rings is 3. The number of thiazole rings is 1. The second-order valence-electron chi connectivity index (χ2n) is 18.7. The number of ether oxygens (including phenoxy) is 1. The Kier molecular flexibility index (Phi) is 14.6. The summed E-state index contributed by atoms with van der Waals surface area (Å²) < 4.78 is 50.5. The summed E-state index contributed by atoms with van der Waals surface area (Å²) >= 11 is 5.00. The molecule has 0 bridgehead atoms. The monoisotopic (exact) mass is 1030 g/mol. The van der Waals surface area contributed by atoms with Crippen molar-refractivity contribution in [2.24, 2.45) is 5.92 Å². The summed E-state index contributed by atoms with van der Waals surface area (Å²) in [5.74, 6) is -1.37. The molecule has 4 aliphatic heterocycles. The highest BCUT2D eigenvalue weighted by molar-refractivity contribution is 9.10. The largest absolute Gasteiger partial charge is 0.494 e. The van der Waals surface area contributed by atoms with Crippen molar-refractivity contribution in [2.45, 2.75) is 70.3 Å². The van der Waals surface area contributed by atoms with E-state index in [9.17, 15) is 14.2 Å². The molecule has 0 aliphatic carbocycles. The normalized spacial score (nSPS) is 19.4. The Morgan fingerprint density at radius 3 is 2.28 bits per heavy atom. The zero-order chi connectivity index (χ0) is 47.7. The molecule has 0 saturated carbocycles. The van der Waals surface area contributed by atoms with Crippen LogP contribution in [0.4, 0.5) is 43.3 Å². The van der Waals surface area contributed by atoms with E-state index in [0.717, 1.165) is 108 Å². The van der Waals surface area contributed by atoms with Gasteiger partial charge in [-0.05, 0) is 110 Å². The molecule has 4 fully saturated rings. The lowest BCUT2D eigenvalue weighted by molar-refractivity contribution is -0.134. The van der Waals surface area contributed by atoms with Gasteiger partial charge in [-0.25, -0.2) is 23.7 Å². The van der Waals surface area contributed by atoms with Crippen LogP contribution >= 0.6 is 34.4 Å². The van der Waals surface area contributed by atoms with Crippen LogP contribution < -0.4 is 35.8 Å². The van der Waals surface area contributed by atoms with Gasteiger partial charge in [-0.3, -0.25) is 19.8 Å². The van der Waals surface area contributed by atoms with Crippen molar-refractivity contribution < 1.29 is 27.7 Å². The molecule has 0 radical (unpaired) electrons. The summed E-state index contributed by atoms with van der Waals surface area (Å²) in [6.07, 6.45) is 9.62. The second kappa shape index (κ2) is 20.6. The van der Waals surface area contributed by atoms with Crippen molar-refractivity contribution in [3.63, 3.8) is 0 Å². The van der Waals surface area contributed by atoms with Gasteiger partial charge in [-0.1, -0.05) is 6.92 Å². The lowest BCUT2D eigenvalue weighted by Gasteiger charge is -2.44. The molecule has 3 N–H and O–H groups in total. The van der Waals surface area contributed by atoms with E-state index in [1.807, 2.05) is 4.90 Å². The van der Waals surface area contributed by atoms with Crippen LogP contribution in [0.15, 0.2) is 46.6 Å². The summed E-state index contributed by atoms with van der Waals surface area (Å²) in [5, 5.41) is 9.58. The lowest BCUT2D eigenvalue weighted by atomic mass is 9.89. The first-order chi connectivity index (χ1) is 32.8. The highest BCUT2D eigenvalue weighted by Gasteiger charge is 2.34. The predicted octanol–water partition coefficient (Wildman–Crippen LogP) is 8.24. The van der Waals surface area contributed by atoms with E-state index in [2.05, 4.69) is 80.6 Å². The summed E-state index contributed by atoms with van der Waals surface area (Å²) in [4.78, 5) is 52.8. The van der Waals surface area contributed by atoms with E-state index < -0.39 is 36.5 Å². The van der Waals surface area contributed by atoms with Crippen LogP contribution in [0.3, 0.4) is 0 Å². The molecule has 5 aromatic rings. The Labute approximate surface area is 408 Å². The molecular weight excluding hydrogens is 976 g/mol. The highest BCUT2D eigenvalue weighted by atomic mass is 79.9. The maximum absolute atomic E-state index is 15.2. The fraction of sp³-hybridized carbons (Fsp3) is 0.500. The molecule has 362 valence electrons. The Morgan fingerprint density at radius 2 is 1.60 bits per heavy atom. The van der Waals surface area contributed by atoms with E-state index in [-0.39, 0.29) is 18.4 Å². The van der Waals surface area contributed by atoms with Crippen LogP contribution in [0.25, 0.3) is 10.3 Å². The lowest BCUT2D eigenvalue weighted by Crippen LogP contribution is -2.53. The molecule has 1 unspecified atom stereocenters. The number of carbonyl (C=O) groups is 2. The predicted molar refractivity (Wildman–Crippen MR) is 269 cm³/mol. The van der Waals surface area contributed by atoms with Gasteiger partial charge >= 0.3 is 0 Å². The van der Waals surface area contributed by atoms with Crippen LogP contribution in [0.1, 0.15) is 68.9 Å². The third kappa shape index (κ3) is 10.5. The van der Waals surface area contributed by atoms with Gasteiger partial charge in [0.05, 0.1) is 45.9 Å². The summed E-state index contributed by atoms with van der Waals surface area (Å²) in [6.45, 7) is 14.3. The number of amides is 2. The molecule has 4 saturated heterocycles. The second-order valence-corrected chi connectivity index (χ2v) is 23.5. The van der Waals surface area contributed by atoms with Crippen LogP contribution in [-0.4, -0.2) is 127 Å². The van der Waals surface area contributed by atoms with Gasteiger partial charge in [-0.2, -0.15) is 4.98 Å². The first kappa shape index (κ1) is 48.2. The number of halogens is 3. The number of rotatable bonds is 14. The maximum Gasteiger partial charge on any atom is 0.234 e. The zero-order valence-electron chi connectivity index (χ0n) is 39.0. The zero-order valence-corrected chi connectivity index (χ0v) is 42.3. The fourth-order valence-electron chi connectivity index (χ4n) is 10.4. The van der Waals surface area contributed by atoms with E-state index in [1.54, 1.807) is 38.3 Å². The number of fused-ring (bicyclic) bond motifs is 1. The minimum atomic E-state index is -2.74. The molecule has 2 amide bonds. The molecule has 20 heteroatoms. The van der Waals surface area contributed by atoms with Gasteiger partial charge in [0.2, 0.25) is 17.8 Å². The number of anilines is 6. The van der Waals surface area contributed by atoms with Crippen LogP contribution in [0.5, 0.6) is 5.75 Å². The van der Waals surface area contributed by atoms with Gasteiger partial charge in [0.15, 0.2) is 0 Å². The molecule has 4 aliphatic rings. The first-order valence-corrected chi connectivity index (χ1v) is 27.9. The first-order valence-electron chi connectivity index (χ1n) is 23.6. The number of nitrogens with zero attached hydrogens (tertiary/aromatic N) is 8. The van der Waals surface area contributed by atoms with Gasteiger partial charge in [0.25, 0.3) is 0 Å². The summed E-state index contributed by atoms with van der Waals surface area (Å²) in [7, 11) is -1.06. The third-order valence-electron chi connectivity index (χ3n) is 14.1. The van der Waals surface area contributed by atoms with Crippen LogP contribution in [0, 0.1) is 17.6 Å². The molecule has 1 atom stereocenters. The molecule has 7 heterocycles. The van der Waals surface area contributed by atoms with Crippen molar-refractivity contribution in [1.82, 2.24) is 35.1 Å². The molecule has 9 rings (SSSR count). The minimum absolute atomic E-state index is 0.0707. The number of aryl methyl sites for hydroxylation is 1. The number of piperazine rings is 1. The third-order valence-corrected chi connectivity index (χ3v) is 17.0. The van der Waals surface area contributed by atoms with Crippen molar-refractivity contribution in [2.75, 3.05) is 99.8 Å². The fourth-order valence-corrected chi connectivity index (χ4v) is 12.8. The van der Waals surface area contributed by atoms with Crippen molar-refractivity contribution >= 4 is 96.4 Å². The average molecular weight is 1040 g/mol. The number of aromatic nitrogens is 4. The minimum Gasteiger partial charge on any atom is -0.494 e. The quantitative estimate of drug-likeness (QED) is 0.0721. The van der Waals surface area contributed by atoms with E-state index >= 15 is 8.78 Å². The topological polar surface area (TPSA) is 161 Å². The van der Waals surface area contributed by atoms with Gasteiger partial charge in [0.1, 0.15) is 40.7 Å². The highest BCUT2D eigenvalue weighted by Crippen LogP contribution is 2.42. The maximum atomic E-state index is 15.2. The van der Waals surface area contributed by atoms with Crippen molar-refractivity contribution in [3.8, 4) is 5.75 Å². The summed E-state index contributed by atoms with van der Waals surface area (Å²) in [5.41, 5.74) is 6.35. The van der Waals surface area contributed by atoms with Gasteiger partial charge in [0, 0.05) is 94.0 Å². The Morgan fingerprint density at radius 1 is 0.882 bits per heavy atom. The van der Waals surface area contributed by atoms with E-state index in [4.69, 9.17) is 9.72 Å². The summed E-state index contributed by atoms with van der Waals surface area (Å²) in [6, 6.07) is 7.51. The molecular formula is C48H59BrF2N11O4PS. The number of methoxy groups -OCH3 is 1. The smallest absolute Gasteiger partial charge is 0.234 e. The molecule has 3 aromatic heterocycles. The van der Waals surface area contributed by atoms with Crippen molar-refractivity contribution in [3.05, 3.63) is 69.4 Å². The Balaban J connectivity index is 0.746. The Hall–Kier alpha value is -4.81. The standard InChI is InChI=1S/C48H59BrF2N11O4PS/c1-5-30-22-37(56-48-53-26-34(49)45(58-48)55-38-27-52-47-43(54-28-68-47)44(38)67(3,4)65)40(66-2)25-39(30)62-16-11-31(12-17-62)61-20-18-59(19-21-61)13-8-29-9-14-60(15-10-29)32-23-35(50)42(36(51)24-32)33-6-7-41(63)57-46(33)64/h22-29,31,33H,5-21H2,1-4H3,(H,57,63,64)(H2,53,55,56,58). The SMILES string of the molecule is CCc1cc(Nc2ncc(Br)c(Nc3cnc4scnc4c3P(C)(C)=O)n2)c(OC)cc1N1CCC(N2CCN(CCC3CCN(c4cc(F)c(C5CCC(=O)NC5=O)c(F)c4)CC3)CC2)CC1. The number of hydrogen-bond acceptors (Lipinski definition) is 15.